The summed E-state index contributed by atoms with van der Waals surface area (Å²) >= 11 is 0. The van der Waals surface area contributed by atoms with E-state index in [0.29, 0.717) is 13.0 Å². The molecule has 4 nitrogen and oxygen atoms in total. The minimum atomic E-state index is -2.96. The van der Waals surface area contributed by atoms with Gasteiger partial charge >= 0.3 is 6.61 Å². The number of ether oxygens (including phenoxy) is 1. The van der Waals surface area contributed by atoms with Crippen LogP contribution < -0.4 is 15.8 Å². The van der Waals surface area contributed by atoms with Gasteiger partial charge in [0.05, 0.1) is 5.56 Å². The number of hydrogen-bond acceptors (Lipinski definition) is 3. The molecule has 1 amide bonds. The number of amides is 1. The predicted molar refractivity (Wildman–Crippen MR) is 68.3 cm³/mol. The third-order valence-corrected chi connectivity index (χ3v) is 2.69. The topological polar surface area (TPSA) is 64.3 Å². The van der Waals surface area contributed by atoms with E-state index in [-0.39, 0.29) is 17.4 Å². The number of carbonyl (C=O) groups excluding carboxylic acids is 1. The summed E-state index contributed by atoms with van der Waals surface area (Å²) in [4.78, 5) is 12.0. The first-order chi connectivity index (χ1) is 9.08. The zero-order chi connectivity index (χ0) is 14.3. The summed E-state index contributed by atoms with van der Waals surface area (Å²) in [6.07, 6.45) is 1.36. The van der Waals surface area contributed by atoms with Crippen LogP contribution in [0.2, 0.25) is 0 Å². The fourth-order valence-electron chi connectivity index (χ4n) is 1.70. The molecular weight excluding hydrogens is 254 g/mol. The molecule has 0 saturated heterocycles. The Bertz CT molecular complexity index is 413. The van der Waals surface area contributed by atoms with E-state index in [1.165, 1.54) is 18.2 Å². The SMILES string of the molecule is CCC(CCN)NC(=O)c1ccccc1OC(F)F. The second-order valence-corrected chi connectivity index (χ2v) is 4.03. The van der Waals surface area contributed by atoms with Crippen LogP contribution in [0.1, 0.15) is 30.1 Å². The van der Waals surface area contributed by atoms with Gasteiger partial charge in [0.15, 0.2) is 0 Å². The number of nitrogens with one attached hydrogen (secondary N) is 1. The van der Waals surface area contributed by atoms with E-state index in [0.717, 1.165) is 6.42 Å². The highest BCUT2D eigenvalue weighted by Crippen LogP contribution is 2.20. The Morgan fingerprint density at radius 1 is 1.42 bits per heavy atom. The Balaban J connectivity index is 2.81. The Morgan fingerprint density at radius 2 is 2.11 bits per heavy atom. The Hall–Kier alpha value is -1.69. The first kappa shape index (κ1) is 15.4. The van der Waals surface area contributed by atoms with Crippen LogP contribution >= 0.6 is 0 Å². The zero-order valence-electron chi connectivity index (χ0n) is 10.7. The number of carbonyl (C=O) groups is 1. The second-order valence-electron chi connectivity index (χ2n) is 4.03. The maximum Gasteiger partial charge on any atom is 0.387 e. The predicted octanol–water partition coefficient (Wildman–Crippen LogP) is 2.15. The molecule has 0 aliphatic carbocycles. The lowest BCUT2D eigenvalue weighted by molar-refractivity contribution is -0.0501. The van der Waals surface area contributed by atoms with Crippen molar-refractivity contribution in [1.29, 1.82) is 0 Å². The monoisotopic (exact) mass is 272 g/mol. The molecule has 0 radical (unpaired) electrons. The molecule has 1 rings (SSSR count). The van der Waals surface area contributed by atoms with Crippen molar-refractivity contribution in [1.82, 2.24) is 5.32 Å². The van der Waals surface area contributed by atoms with Gasteiger partial charge in [0.2, 0.25) is 0 Å². The van der Waals surface area contributed by atoms with Gasteiger partial charge in [-0.3, -0.25) is 4.79 Å². The smallest absolute Gasteiger partial charge is 0.387 e. The van der Waals surface area contributed by atoms with Crippen molar-refractivity contribution in [2.45, 2.75) is 32.4 Å². The van der Waals surface area contributed by atoms with Gasteiger partial charge in [-0.15, -0.1) is 0 Å². The molecule has 0 spiro atoms. The van der Waals surface area contributed by atoms with Crippen molar-refractivity contribution in [3.05, 3.63) is 29.8 Å². The second kappa shape index (κ2) is 7.68. The van der Waals surface area contributed by atoms with Crippen LogP contribution in [-0.2, 0) is 0 Å². The lowest BCUT2D eigenvalue weighted by Gasteiger charge is -2.17. The van der Waals surface area contributed by atoms with Crippen molar-refractivity contribution in [3.8, 4) is 5.75 Å². The van der Waals surface area contributed by atoms with Gasteiger partial charge in [0.25, 0.3) is 5.91 Å². The first-order valence-corrected chi connectivity index (χ1v) is 6.13. The molecule has 0 saturated carbocycles. The van der Waals surface area contributed by atoms with Gasteiger partial charge in [0, 0.05) is 6.04 Å². The van der Waals surface area contributed by atoms with Gasteiger partial charge in [0.1, 0.15) is 5.75 Å². The van der Waals surface area contributed by atoms with Gasteiger partial charge in [-0.1, -0.05) is 19.1 Å². The molecule has 0 aromatic heterocycles. The van der Waals surface area contributed by atoms with Crippen molar-refractivity contribution < 1.29 is 18.3 Å². The summed E-state index contributed by atoms with van der Waals surface area (Å²) in [5, 5.41) is 2.75. The van der Waals surface area contributed by atoms with Crippen LogP contribution in [0.5, 0.6) is 5.75 Å². The fourth-order valence-corrected chi connectivity index (χ4v) is 1.70. The largest absolute Gasteiger partial charge is 0.434 e. The summed E-state index contributed by atoms with van der Waals surface area (Å²) in [5.74, 6) is -0.561. The lowest BCUT2D eigenvalue weighted by Crippen LogP contribution is -2.36. The first-order valence-electron chi connectivity index (χ1n) is 6.13. The van der Waals surface area contributed by atoms with Gasteiger partial charge in [-0.2, -0.15) is 8.78 Å². The Labute approximate surface area is 110 Å². The molecule has 0 aliphatic rings. The van der Waals surface area contributed by atoms with Crippen molar-refractivity contribution in [3.63, 3.8) is 0 Å². The van der Waals surface area contributed by atoms with Crippen LogP contribution in [0.3, 0.4) is 0 Å². The lowest BCUT2D eigenvalue weighted by atomic mass is 10.1. The van der Waals surface area contributed by atoms with Crippen LogP contribution in [-0.4, -0.2) is 25.1 Å². The third-order valence-electron chi connectivity index (χ3n) is 2.69. The summed E-state index contributed by atoms with van der Waals surface area (Å²) in [6, 6.07) is 5.84. The maximum atomic E-state index is 12.2. The molecule has 1 unspecified atom stereocenters. The molecule has 0 aliphatic heterocycles. The van der Waals surface area contributed by atoms with E-state index < -0.39 is 12.5 Å². The van der Waals surface area contributed by atoms with Gasteiger partial charge in [-0.05, 0) is 31.5 Å². The molecule has 106 valence electrons. The molecule has 6 heteroatoms. The molecule has 3 N–H and O–H groups in total. The quantitative estimate of drug-likeness (QED) is 0.799. The van der Waals surface area contributed by atoms with E-state index in [9.17, 15) is 13.6 Å². The molecule has 0 heterocycles. The van der Waals surface area contributed by atoms with Crippen molar-refractivity contribution in [2.75, 3.05) is 6.54 Å². The fraction of sp³-hybridized carbons (Fsp3) is 0.462. The van der Waals surface area contributed by atoms with Gasteiger partial charge in [-0.25, -0.2) is 0 Å². The Morgan fingerprint density at radius 3 is 2.68 bits per heavy atom. The van der Waals surface area contributed by atoms with Crippen molar-refractivity contribution in [2.24, 2.45) is 5.73 Å². The van der Waals surface area contributed by atoms with Crippen molar-refractivity contribution >= 4 is 5.91 Å². The number of alkyl halides is 2. The molecule has 0 bridgehead atoms. The molecule has 1 atom stereocenters. The summed E-state index contributed by atoms with van der Waals surface area (Å²) in [5.41, 5.74) is 5.54. The highest BCUT2D eigenvalue weighted by Gasteiger charge is 2.17. The molecule has 1 aromatic carbocycles. The zero-order valence-corrected chi connectivity index (χ0v) is 10.7. The summed E-state index contributed by atoms with van der Waals surface area (Å²) in [6.45, 7) is -0.587. The van der Waals surface area contributed by atoms with E-state index in [2.05, 4.69) is 10.1 Å². The third kappa shape index (κ3) is 4.82. The number of nitrogens with two attached hydrogens (primary N) is 1. The van der Waals surface area contributed by atoms with Gasteiger partial charge < -0.3 is 15.8 Å². The maximum absolute atomic E-state index is 12.2. The average molecular weight is 272 g/mol. The number of hydrogen-bond donors (Lipinski definition) is 2. The minimum absolute atomic E-state index is 0.0721. The van der Waals surface area contributed by atoms with E-state index >= 15 is 0 Å². The molecule has 0 fully saturated rings. The standard InChI is InChI=1S/C13H18F2N2O2/c1-2-9(7-8-16)17-12(18)10-5-3-4-6-11(10)19-13(14)15/h3-6,9,13H,2,7-8,16H2,1H3,(H,17,18). The highest BCUT2D eigenvalue weighted by atomic mass is 19.3. The molecule has 19 heavy (non-hydrogen) atoms. The minimum Gasteiger partial charge on any atom is -0.434 e. The van der Waals surface area contributed by atoms with Crippen LogP contribution in [0.25, 0.3) is 0 Å². The number of rotatable bonds is 7. The normalized spacial score (nSPS) is 12.3. The summed E-state index contributed by atoms with van der Waals surface area (Å²) in [7, 11) is 0. The van der Waals surface area contributed by atoms with Crippen LogP contribution in [0.15, 0.2) is 24.3 Å². The summed E-state index contributed by atoms with van der Waals surface area (Å²) < 4.78 is 28.8. The number of benzene rings is 1. The molecular formula is C13H18F2N2O2. The molecule has 1 aromatic rings. The Kier molecular flexibility index (Phi) is 6.21. The number of para-hydroxylation sites is 1. The van der Waals surface area contributed by atoms with E-state index in [4.69, 9.17) is 5.73 Å². The number of halogens is 2. The van der Waals surface area contributed by atoms with Crippen LogP contribution in [0, 0.1) is 0 Å². The van der Waals surface area contributed by atoms with E-state index in [1.807, 2.05) is 6.92 Å². The van der Waals surface area contributed by atoms with E-state index in [1.54, 1.807) is 6.07 Å². The van der Waals surface area contributed by atoms with Crippen LogP contribution in [0.4, 0.5) is 8.78 Å². The highest BCUT2D eigenvalue weighted by molar-refractivity contribution is 5.97. The average Bonchev–Trinajstić information content (AvgIpc) is 2.38.